The van der Waals surface area contributed by atoms with Gasteiger partial charge in [0, 0.05) is 61.3 Å². The summed E-state index contributed by atoms with van der Waals surface area (Å²) in [6.07, 6.45) is 5.81. The first-order valence-corrected chi connectivity index (χ1v) is 27.9. The minimum Gasteiger partial charge on any atom is -0.870 e. The summed E-state index contributed by atoms with van der Waals surface area (Å²) in [5, 5.41) is 9.75. The number of esters is 1. The van der Waals surface area contributed by atoms with Crippen molar-refractivity contribution in [2.24, 2.45) is 11.8 Å². The van der Waals surface area contributed by atoms with Crippen LogP contribution >= 0.6 is 27.0 Å². The zero-order valence-corrected chi connectivity index (χ0v) is 53.6. The van der Waals surface area contributed by atoms with Crippen LogP contribution in [-0.4, -0.2) is 101 Å². The number of benzene rings is 4. The van der Waals surface area contributed by atoms with Crippen LogP contribution in [0.3, 0.4) is 0 Å². The van der Waals surface area contributed by atoms with E-state index in [9.17, 15) is 33.9 Å². The molecule has 6 aromatic rings. The van der Waals surface area contributed by atoms with Crippen LogP contribution in [-0.2, 0) is 36.8 Å². The third-order valence-corrected chi connectivity index (χ3v) is 14.8. The van der Waals surface area contributed by atoms with Gasteiger partial charge in [0.25, 0.3) is 11.1 Å². The maximum atomic E-state index is 14.0. The van der Waals surface area contributed by atoms with E-state index in [0.717, 1.165) is 57.6 Å². The number of carboxylic acid groups (broad SMARTS) is 1. The van der Waals surface area contributed by atoms with Gasteiger partial charge in [-0.25, -0.2) is 0 Å². The van der Waals surface area contributed by atoms with Gasteiger partial charge in [0.15, 0.2) is 11.6 Å². The molecule has 0 saturated carbocycles. The largest absolute Gasteiger partial charge is 1.00 e. The zero-order valence-electron chi connectivity index (χ0n) is 51.6. The first-order valence-electron chi connectivity index (χ1n) is 27.9. The van der Waals surface area contributed by atoms with E-state index in [4.69, 9.17) is 4.74 Å². The number of Topliss-reactive ketones (excluding diaryl/α,β-unsaturated/α-hetero) is 2. The number of likely N-dealkylation sites (N-methyl/N-ethyl adjacent to an activating group) is 2. The predicted molar refractivity (Wildman–Crippen MR) is 342 cm³/mol. The first kappa shape index (κ1) is 75.3. The number of aryl methyl sites for hydroxylation is 4. The number of hydrogen-bond acceptors (Lipinski definition) is 10. The molecule has 0 fully saturated rings. The van der Waals surface area contributed by atoms with E-state index < -0.39 is 24.0 Å². The van der Waals surface area contributed by atoms with Gasteiger partial charge in [0.05, 0.1) is 32.0 Å². The Bertz CT molecular complexity index is 3130. The van der Waals surface area contributed by atoms with E-state index in [2.05, 4.69) is 77.9 Å². The average Bonchev–Trinajstić information content (AvgIpc) is 3.50. The maximum Gasteiger partial charge on any atom is 1.00 e. The fourth-order valence-electron chi connectivity index (χ4n) is 10.7. The van der Waals surface area contributed by atoms with Crippen LogP contribution in [0.1, 0.15) is 135 Å². The number of carbonyl (C=O) groups is 4. The summed E-state index contributed by atoms with van der Waals surface area (Å²) in [5.74, 6) is -1.95. The third-order valence-electron chi connectivity index (χ3n) is 14.8. The van der Waals surface area contributed by atoms with Crippen molar-refractivity contribution in [1.82, 2.24) is 18.9 Å². The number of ether oxygens (including phenoxy) is 1. The Hall–Kier alpha value is -5.76. The summed E-state index contributed by atoms with van der Waals surface area (Å²) < 4.78 is 8.19. The van der Waals surface area contributed by atoms with Gasteiger partial charge in [-0.05, 0) is 161 Å². The SMILES string of the molecule is COC(=O)C[C@H](CC(=O)C(CC(C)C)n1cccc(CCN(C)C)c1=O)c1cccc(-c2c(C)cccc2C)c1.Cc1cccc(C)c1-c1cccc([C@H](CC(=O)O)CC(=O)C(CC(C)C)n2cccc(CCN(C)C)c2=O)c1.S.S.[Li+].[OH-]. The molecule has 2 N–H and O–H groups in total. The fourth-order valence-corrected chi connectivity index (χ4v) is 10.7. The van der Waals surface area contributed by atoms with Gasteiger partial charge >= 0.3 is 30.8 Å². The quantitative estimate of drug-likeness (QED) is 0.0405. The van der Waals surface area contributed by atoms with Crippen LogP contribution in [0.5, 0.6) is 0 Å². The molecule has 6 rings (SSSR count). The third kappa shape index (κ3) is 22.0. The average molecular weight is 1170 g/mol. The number of hydrogen-bond donors (Lipinski definition) is 1. The van der Waals surface area contributed by atoms with Gasteiger partial charge in [-0.3, -0.25) is 28.8 Å². The molecule has 0 aliphatic heterocycles. The predicted octanol–water partition coefficient (Wildman–Crippen LogP) is 9.22. The Balaban J connectivity index is 0.000000792. The van der Waals surface area contributed by atoms with Gasteiger partial charge in [-0.15, -0.1) is 0 Å². The van der Waals surface area contributed by atoms with E-state index >= 15 is 0 Å². The molecule has 0 aliphatic carbocycles. The number of ketones is 2. The van der Waals surface area contributed by atoms with E-state index in [1.165, 1.54) is 18.2 Å². The number of carboxylic acids is 1. The number of carbonyl (C=O) groups excluding carboxylic acids is 3. The molecule has 4 atom stereocenters. The number of aliphatic carboxylic acids is 1. The van der Waals surface area contributed by atoms with Crippen molar-refractivity contribution in [3.05, 3.63) is 187 Å². The van der Waals surface area contributed by atoms with Crippen LogP contribution in [0.4, 0.5) is 0 Å². The van der Waals surface area contributed by atoms with Crippen molar-refractivity contribution in [3.8, 4) is 22.3 Å². The van der Waals surface area contributed by atoms with Gasteiger partial charge in [-0.1, -0.05) is 125 Å². The standard InChI is InChI=1S/C34H44N2O4.C33H42N2O4.Li.H2O.2H2S/c1-23(2)19-30(36-17-10-15-26(34(36)39)16-18-35(5)6)31(37)21-29(22-32(38)40-7)27-13-9-14-28(20-27)33-24(3)11-8-12-25(33)4;1-22(2)18-29(35-16-9-14-25(33(35)39)15-17-34(5)6)30(36)20-28(21-31(37)38)26-12-8-13-27(19-26)32-23(3)10-7-11-24(32)4;;;;/h8-15,17,20,23,29-30H,16,18-19,21-22H2,1-7H3;7-14,16,19,22,28-29H,15,17-18,20-21H2,1-6H3,(H,37,38);;3*1H2/q;;+1;;;/p-1/t29-,30?;28-,29?;;;;/m00..../s1. The molecule has 83 heavy (non-hydrogen) atoms. The molecule has 0 radical (unpaired) electrons. The zero-order chi connectivity index (χ0) is 58.1. The molecule has 4 aromatic carbocycles. The van der Waals surface area contributed by atoms with Crippen molar-refractivity contribution >= 4 is 50.5 Å². The summed E-state index contributed by atoms with van der Waals surface area (Å²) in [4.78, 5) is 83.2. The van der Waals surface area contributed by atoms with Crippen LogP contribution in [0, 0.1) is 39.5 Å². The molecule has 16 heteroatoms. The topological polar surface area (TPSA) is 178 Å². The van der Waals surface area contributed by atoms with Crippen molar-refractivity contribution in [1.29, 1.82) is 0 Å². The molecular formula is C67H91LiN4O9S2. The van der Waals surface area contributed by atoms with E-state index in [1.54, 1.807) is 21.5 Å². The Morgan fingerprint density at radius 2 is 0.880 bits per heavy atom. The van der Waals surface area contributed by atoms with E-state index in [0.29, 0.717) is 36.8 Å². The van der Waals surface area contributed by atoms with E-state index in [1.807, 2.05) is 125 Å². The van der Waals surface area contributed by atoms with Crippen molar-refractivity contribution < 1.29 is 53.4 Å². The summed E-state index contributed by atoms with van der Waals surface area (Å²) in [6.45, 7) is 18.0. The van der Waals surface area contributed by atoms with Crippen LogP contribution < -0.4 is 30.0 Å². The Morgan fingerprint density at radius 1 is 0.530 bits per heavy atom. The number of nitrogens with zero attached hydrogens (tertiary/aromatic N) is 4. The number of rotatable bonds is 26. The molecule has 0 saturated heterocycles. The summed E-state index contributed by atoms with van der Waals surface area (Å²) >= 11 is 0. The number of aromatic nitrogens is 2. The van der Waals surface area contributed by atoms with Gasteiger partial charge in [0.2, 0.25) is 0 Å². The second kappa shape index (κ2) is 36.2. The molecule has 0 aliphatic rings. The first-order chi connectivity index (χ1) is 37.5. The number of pyridine rings is 2. The second-order valence-electron chi connectivity index (χ2n) is 22.8. The van der Waals surface area contributed by atoms with Gasteiger partial charge in [0.1, 0.15) is 0 Å². The monoisotopic (exact) mass is 1170 g/mol. The molecule has 0 amide bonds. The molecule has 13 nitrogen and oxygen atoms in total. The van der Waals surface area contributed by atoms with E-state index in [-0.39, 0.29) is 123 Å². The number of methoxy groups -OCH3 is 1. The maximum absolute atomic E-state index is 14.0. The Labute approximate surface area is 519 Å². The van der Waals surface area contributed by atoms with Gasteiger partial charge < -0.3 is 34.3 Å². The molecule has 0 spiro atoms. The van der Waals surface area contributed by atoms with Crippen LogP contribution in [0.25, 0.3) is 22.3 Å². The summed E-state index contributed by atoms with van der Waals surface area (Å²) in [5.41, 5.74) is 11.8. The molecule has 2 heterocycles. The van der Waals surface area contributed by atoms with Crippen molar-refractivity contribution in [2.45, 2.75) is 131 Å². The normalized spacial score (nSPS) is 12.3. The molecule has 0 bridgehead atoms. The summed E-state index contributed by atoms with van der Waals surface area (Å²) in [6, 6.07) is 34.5. The second-order valence-corrected chi connectivity index (χ2v) is 22.8. The minimum atomic E-state index is -0.950. The molecule has 2 unspecified atom stereocenters. The Kier molecular flexibility index (Phi) is 32.8. The molecule has 2 aromatic heterocycles. The minimum absolute atomic E-state index is 0. The fraction of sp³-hybridized carbons (Fsp3) is 0.433. The van der Waals surface area contributed by atoms with Crippen LogP contribution in [0.2, 0.25) is 0 Å². The van der Waals surface area contributed by atoms with Crippen LogP contribution in [0.15, 0.2) is 131 Å². The van der Waals surface area contributed by atoms with Crippen molar-refractivity contribution in [3.63, 3.8) is 0 Å². The smallest absolute Gasteiger partial charge is 0.870 e. The molecule has 446 valence electrons. The summed E-state index contributed by atoms with van der Waals surface area (Å²) in [7, 11) is 9.25. The Morgan fingerprint density at radius 3 is 1.20 bits per heavy atom. The van der Waals surface area contributed by atoms with Gasteiger partial charge in [-0.2, -0.15) is 27.0 Å². The van der Waals surface area contributed by atoms with Crippen molar-refractivity contribution in [2.75, 3.05) is 48.4 Å². The molecular weight excluding hydrogens is 1080 g/mol.